The van der Waals surface area contributed by atoms with Crippen molar-refractivity contribution in [2.24, 2.45) is 0 Å². The largest absolute Gasteiger partial charge is 0.305 e. The third kappa shape index (κ3) is 4.50. The molecule has 0 heterocycles. The van der Waals surface area contributed by atoms with Crippen LogP contribution in [0.1, 0.15) is 18.5 Å². The SMILES string of the molecule is C=C(Cl)CNC(C)c1ccc(S(C)(=O)=O)cc1. The molecule has 0 aliphatic heterocycles. The molecule has 0 aromatic heterocycles. The number of rotatable bonds is 5. The minimum atomic E-state index is -3.13. The predicted molar refractivity (Wildman–Crippen MR) is 71.0 cm³/mol. The third-order valence-corrected chi connectivity index (χ3v) is 3.67. The summed E-state index contributed by atoms with van der Waals surface area (Å²) in [6.45, 7) is 6.10. The normalized spacial score (nSPS) is 13.4. The van der Waals surface area contributed by atoms with Crippen molar-refractivity contribution >= 4 is 21.4 Å². The Kier molecular flexibility index (Phi) is 4.74. The van der Waals surface area contributed by atoms with Crippen molar-refractivity contribution in [1.29, 1.82) is 0 Å². The third-order valence-electron chi connectivity index (χ3n) is 2.41. The number of hydrogen-bond donors (Lipinski definition) is 1. The van der Waals surface area contributed by atoms with Crippen molar-refractivity contribution in [3.8, 4) is 0 Å². The zero-order valence-corrected chi connectivity index (χ0v) is 11.5. The highest BCUT2D eigenvalue weighted by atomic mass is 35.5. The molecule has 0 aliphatic carbocycles. The first-order chi connectivity index (χ1) is 7.80. The standard InChI is InChI=1S/C12H16ClNO2S/c1-9(13)8-14-10(2)11-4-6-12(7-5-11)17(3,15)16/h4-7,10,14H,1,8H2,2-3H3. The number of hydrogen-bond acceptors (Lipinski definition) is 3. The highest BCUT2D eigenvalue weighted by Gasteiger charge is 2.09. The minimum Gasteiger partial charge on any atom is -0.305 e. The summed E-state index contributed by atoms with van der Waals surface area (Å²) in [5.41, 5.74) is 1.01. The summed E-state index contributed by atoms with van der Waals surface area (Å²) in [6.07, 6.45) is 1.20. The van der Waals surface area contributed by atoms with Gasteiger partial charge >= 0.3 is 0 Å². The Morgan fingerprint density at radius 1 is 1.41 bits per heavy atom. The van der Waals surface area contributed by atoms with E-state index in [-0.39, 0.29) is 6.04 Å². The van der Waals surface area contributed by atoms with E-state index in [2.05, 4.69) is 11.9 Å². The molecular weight excluding hydrogens is 258 g/mol. The Labute approximate surface area is 107 Å². The lowest BCUT2D eigenvalue weighted by Gasteiger charge is -2.14. The van der Waals surface area contributed by atoms with E-state index in [1.165, 1.54) is 6.26 Å². The van der Waals surface area contributed by atoms with Crippen LogP contribution in [0.2, 0.25) is 0 Å². The highest BCUT2D eigenvalue weighted by Crippen LogP contribution is 2.16. The topological polar surface area (TPSA) is 46.2 Å². The molecule has 0 spiro atoms. The molecule has 94 valence electrons. The quantitative estimate of drug-likeness (QED) is 0.897. The van der Waals surface area contributed by atoms with Crippen LogP contribution in [0, 0.1) is 0 Å². The van der Waals surface area contributed by atoms with Crippen LogP contribution >= 0.6 is 11.6 Å². The van der Waals surface area contributed by atoms with Gasteiger partial charge in [-0.05, 0) is 24.6 Å². The first kappa shape index (κ1) is 14.2. The highest BCUT2D eigenvalue weighted by molar-refractivity contribution is 7.90. The van der Waals surface area contributed by atoms with Crippen LogP contribution in [-0.2, 0) is 9.84 Å². The molecular formula is C12H16ClNO2S. The second kappa shape index (κ2) is 5.67. The molecule has 1 aromatic rings. The molecule has 0 saturated carbocycles. The van der Waals surface area contributed by atoms with E-state index in [9.17, 15) is 8.42 Å². The van der Waals surface area contributed by atoms with Crippen LogP contribution in [0.15, 0.2) is 40.8 Å². The summed E-state index contributed by atoms with van der Waals surface area (Å²) >= 11 is 5.66. The van der Waals surface area contributed by atoms with Crippen LogP contribution < -0.4 is 5.32 Å². The fraction of sp³-hybridized carbons (Fsp3) is 0.333. The summed E-state index contributed by atoms with van der Waals surface area (Å²) in [7, 11) is -3.13. The lowest BCUT2D eigenvalue weighted by molar-refractivity contribution is 0.600. The number of halogens is 1. The minimum absolute atomic E-state index is 0.0964. The van der Waals surface area contributed by atoms with Gasteiger partial charge in [0.1, 0.15) is 0 Å². The van der Waals surface area contributed by atoms with Crippen LogP contribution in [0.4, 0.5) is 0 Å². The van der Waals surface area contributed by atoms with Gasteiger partial charge in [-0.3, -0.25) is 0 Å². The van der Waals surface area contributed by atoms with E-state index in [1.54, 1.807) is 24.3 Å². The maximum Gasteiger partial charge on any atom is 0.175 e. The Morgan fingerprint density at radius 2 is 1.94 bits per heavy atom. The summed E-state index contributed by atoms with van der Waals surface area (Å²) in [6, 6.07) is 6.91. The van der Waals surface area contributed by atoms with E-state index in [4.69, 9.17) is 11.6 Å². The average Bonchev–Trinajstić information content (AvgIpc) is 2.25. The van der Waals surface area contributed by atoms with Crippen molar-refractivity contribution in [1.82, 2.24) is 5.32 Å². The van der Waals surface area contributed by atoms with Gasteiger partial charge in [-0.25, -0.2) is 8.42 Å². The monoisotopic (exact) mass is 273 g/mol. The fourth-order valence-electron chi connectivity index (χ4n) is 1.39. The molecule has 3 nitrogen and oxygen atoms in total. The molecule has 0 saturated heterocycles. The van der Waals surface area contributed by atoms with Gasteiger partial charge in [0.2, 0.25) is 0 Å². The number of sulfone groups is 1. The van der Waals surface area contributed by atoms with Gasteiger partial charge < -0.3 is 5.32 Å². The Bertz CT molecular complexity index is 494. The second-order valence-electron chi connectivity index (χ2n) is 3.96. The van der Waals surface area contributed by atoms with E-state index in [0.29, 0.717) is 16.5 Å². The van der Waals surface area contributed by atoms with Crippen molar-refractivity contribution in [2.75, 3.05) is 12.8 Å². The van der Waals surface area contributed by atoms with Crippen molar-refractivity contribution in [3.63, 3.8) is 0 Å². The maximum absolute atomic E-state index is 11.3. The molecule has 0 fully saturated rings. The lowest BCUT2D eigenvalue weighted by Crippen LogP contribution is -2.19. The van der Waals surface area contributed by atoms with Crippen LogP contribution in [0.3, 0.4) is 0 Å². The summed E-state index contributed by atoms with van der Waals surface area (Å²) in [5.74, 6) is 0. The Morgan fingerprint density at radius 3 is 2.35 bits per heavy atom. The zero-order chi connectivity index (χ0) is 13.1. The molecule has 0 amide bonds. The molecule has 17 heavy (non-hydrogen) atoms. The van der Waals surface area contributed by atoms with E-state index >= 15 is 0 Å². The second-order valence-corrected chi connectivity index (χ2v) is 6.51. The van der Waals surface area contributed by atoms with Gasteiger partial charge in [0.25, 0.3) is 0 Å². The molecule has 1 rings (SSSR count). The van der Waals surface area contributed by atoms with Crippen molar-refractivity contribution < 1.29 is 8.42 Å². The molecule has 1 aromatic carbocycles. The maximum atomic E-state index is 11.3. The van der Waals surface area contributed by atoms with Gasteiger partial charge in [-0.1, -0.05) is 30.3 Å². The molecule has 0 bridgehead atoms. The number of nitrogens with one attached hydrogen (secondary N) is 1. The van der Waals surface area contributed by atoms with Gasteiger partial charge in [0.15, 0.2) is 9.84 Å². The molecule has 5 heteroatoms. The Hall–Kier alpha value is -0.840. The van der Waals surface area contributed by atoms with E-state index < -0.39 is 9.84 Å². The van der Waals surface area contributed by atoms with E-state index in [1.807, 2.05) is 6.92 Å². The van der Waals surface area contributed by atoms with Crippen LogP contribution in [0.5, 0.6) is 0 Å². The lowest BCUT2D eigenvalue weighted by atomic mass is 10.1. The van der Waals surface area contributed by atoms with Gasteiger partial charge in [0, 0.05) is 23.9 Å². The first-order valence-electron chi connectivity index (χ1n) is 5.17. The predicted octanol–water partition coefficient (Wildman–Crippen LogP) is 2.49. The van der Waals surface area contributed by atoms with Gasteiger partial charge in [-0.2, -0.15) is 0 Å². The van der Waals surface area contributed by atoms with Gasteiger partial charge in [-0.15, -0.1) is 0 Å². The smallest absolute Gasteiger partial charge is 0.175 e. The van der Waals surface area contributed by atoms with Crippen molar-refractivity contribution in [2.45, 2.75) is 17.9 Å². The van der Waals surface area contributed by atoms with Crippen molar-refractivity contribution in [3.05, 3.63) is 41.4 Å². The van der Waals surface area contributed by atoms with Crippen LogP contribution in [-0.4, -0.2) is 21.2 Å². The molecule has 0 aliphatic rings. The molecule has 0 radical (unpaired) electrons. The molecule has 1 unspecified atom stereocenters. The molecule has 1 atom stereocenters. The Balaban J connectivity index is 2.77. The van der Waals surface area contributed by atoms with Crippen LogP contribution in [0.25, 0.3) is 0 Å². The summed E-state index contributed by atoms with van der Waals surface area (Å²) in [5, 5.41) is 3.72. The zero-order valence-electron chi connectivity index (χ0n) is 9.90. The fourth-order valence-corrected chi connectivity index (χ4v) is 2.09. The summed E-state index contributed by atoms with van der Waals surface area (Å²) < 4.78 is 22.6. The molecule has 1 N–H and O–H groups in total. The van der Waals surface area contributed by atoms with E-state index in [0.717, 1.165) is 5.56 Å². The summed E-state index contributed by atoms with van der Waals surface area (Å²) in [4.78, 5) is 0.329. The first-order valence-corrected chi connectivity index (χ1v) is 7.44. The average molecular weight is 274 g/mol. The number of benzene rings is 1. The van der Waals surface area contributed by atoms with Gasteiger partial charge in [0.05, 0.1) is 4.90 Å².